The van der Waals surface area contributed by atoms with E-state index in [-0.39, 0.29) is 11.5 Å². The summed E-state index contributed by atoms with van der Waals surface area (Å²) in [5.74, 6) is 0.164. The number of rotatable bonds is 6. The molecule has 1 amide bonds. The fourth-order valence-corrected chi connectivity index (χ4v) is 6.71. The highest BCUT2D eigenvalue weighted by Gasteiger charge is 2.26. The van der Waals surface area contributed by atoms with E-state index in [2.05, 4.69) is 20.5 Å². The van der Waals surface area contributed by atoms with Crippen molar-refractivity contribution in [2.75, 3.05) is 5.32 Å². The maximum atomic E-state index is 13.6. The summed E-state index contributed by atoms with van der Waals surface area (Å²) in [6, 6.07) is 9.17. The van der Waals surface area contributed by atoms with Crippen molar-refractivity contribution in [2.45, 2.75) is 64.3 Å². The maximum absolute atomic E-state index is 13.6. The van der Waals surface area contributed by atoms with Gasteiger partial charge in [-0.15, -0.1) is 21.5 Å². The highest BCUT2D eigenvalue weighted by atomic mass is 32.1. The third-order valence-corrected chi connectivity index (χ3v) is 8.54. The first-order valence-electron chi connectivity index (χ1n) is 11.8. The topological polar surface area (TPSA) is 89.8 Å². The van der Waals surface area contributed by atoms with Crippen LogP contribution in [0.5, 0.6) is 0 Å². The first-order valence-corrected chi connectivity index (χ1v) is 13.4. The zero-order valence-corrected chi connectivity index (χ0v) is 20.9. The second kappa shape index (κ2) is 9.76. The van der Waals surface area contributed by atoms with Crippen LogP contribution in [0, 0.1) is 6.92 Å². The molecule has 0 bridgehead atoms. The van der Waals surface area contributed by atoms with Crippen LogP contribution in [0.1, 0.15) is 67.3 Å². The van der Waals surface area contributed by atoms with Crippen LogP contribution in [0.2, 0.25) is 0 Å². The van der Waals surface area contributed by atoms with Crippen molar-refractivity contribution in [1.82, 2.24) is 19.7 Å². The summed E-state index contributed by atoms with van der Waals surface area (Å²) in [6.45, 7) is 3.90. The van der Waals surface area contributed by atoms with Crippen LogP contribution in [-0.4, -0.2) is 25.7 Å². The lowest BCUT2D eigenvalue weighted by Crippen LogP contribution is -2.33. The zero-order chi connectivity index (χ0) is 23.7. The van der Waals surface area contributed by atoms with Crippen molar-refractivity contribution in [2.24, 2.45) is 0 Å². The number of nitrogens with one attached hydrogen (secondary N) is 1. The number of amides is 1. The predicted molar refractivity (Wildman–Crippen MR) is 138 cm³/mol. The van der Waals surface area contributed by atoms with Crippen molar-refractivity contribution in [3.63, 3.8) is 0 Å². The lowest BCUT2D eigenvalue weighted by atomic mass is 9.90. The molecule has 1 fully saturated rings. The molecule has 1 aliphatic carbocycles. The van der Waals surface area contributed by atoms with Gasteiger partial charge in [0, 0.05) is 16.4 Å². The van der Waals surface area contributed by atoms with Crippen LogP contribution in [0.25, 0.3) is 21.3 Å². The third-order valence-electron chi connectivity index (χ3n) is 6.53. The number of fused-ring (bicyclic) bond motifs is 1. The van der Waals surface area contributed by atoms with Gasteiger partial charge in [0.2, 0.25) is 11.0 Å². The summed E-state index contributed by atoms with van der Waals surface area (Å²) in [4.78, 5) is 33.1. The first kappa shape index (κ1) is 22.9. The van der Waals surface area contributed by atoms with Crippen LogP contribution in [0.15, 0.2) is 41.5 Å². The Labute approximate surface area is 205 Å². The Balaban J connectivity index is 1.45. The van der Waals surface area contributed by atoms with E-state index in [4.69, 9.17) is 0 Å². The highest BCUT2D eigenvalue weighted by molar-refractivity contribution is 7.19. The van der Waals surface area contributed by atoms with Gasteiger partial charge in [0.25, 0.3) is 5.56 Å². The largest absolute Gasteiger partial charge is 0.299 e. The quantitative estimate of drug-likeness (QED) is 0.360. The van der Waals surface area contributed by atoms with E-state index in [0.29, 0.717) is 27.7 Å². The summed E-state index contributed by atoms with van der Waals surface area (Å²) in [5.41, 5.74) is 1.67. The Morgan fingerprint density at radius 3 is 2.65 bits per heavy atom. The minimum atomic E-state index is -0.685. The Bertz CT molecular complexity index is 1370. The van der Waals surface area contributed by atoms with Crippen LogP contribution in [0.4, 0.5) is 5.13 Å². The van der Waals surface area contributed by atoms with Gasteiger partial charge in [-0.05, 0) is 31.7 Å². The average molecular weight is 494 g/mol. The van der Waals surface area contributed by atoms with E-state index < -0.39 is 6.04 Å². The Morgan fingerprint density at radius 2 is 1.91 bits per heavy atom. The molecular formula is C25H27N5O2S2. The van der Waals surface area contributed by atoms with Gasteiger partial charge in [-0.3, -0.25) is 19.5 Å². The van der Waals surface area contributed by atoms with Crippen LogP contribution in [-0.2, 0) is 4.79 Å². The summed E-state index contributed by atoms with van der Waals surface area (Å²) in [7, 11) is 0. The fourth-order valence-electron chi connectivity index (χ4n) is 4.79. The van der Waals surface area contributed by atoms with Crippen LogP contribution < -0.4 is 10.9 Å². The van der Waals surface area contributed by atoms with E-state index in [1.165, 1.54) is 52.8 Å². The molecule has 1 atom stereocenters. The van der Waals surface area contributed by atoms with Gasteiger partial charge in [0.15, 0.2) is 0 Å². The molecule has 1 unspecified atom stereocenters. The van der Waals surface area contributed by atoms with Crippen molar-refractivity contribution in [1.29, 1.82) is 0 Å². The first-order chi connectivity index (χ1) is 16.6. The minimum absolute atomic E-state index is 0.199. The van der Waals surface area contributed by atoms with Gasteiger partial charge in [0.05, 0.1) is 11.7 Å². The zero-order valence-electron chi connectivity index (χ0n) is 19.3. The molecule has 0 aliphatic heterocycles. The molecule has 9 heteroatoms. The summed E-state index contributed by atoms with van der Waals surface area (Å²) in [6.07, 6.45) is 7.92. The summed E-state index contributed by atoms with van der Waals surface area (Å²) in [5, 5.41) is 13.5. The maximum Gasteiger partial charge on any atom is 0.263 e. The molecule has 1 aromatic carbocycles. The lowest BCUT2D eigenvalue weighted by Gasteiger charge is -2.18. The van der Waals surface area contributed by atoms with Gasteiger partial charge in [0.1, 0.15) is 15.9 Å². The van der Waals surface area contributed by atoms with Gasteiger partial charge in [-0.2, -0.15) is 0 Å². The standard InChI is InChI=1S/C25H27N5O2S2/c1-3-18(21(31)27-25-29-28-22(34-25)17-12-8-5-9-13-17)30-14-26-23-20(24(30)32)19(15(2)33-23)16-10-6-4-7-11-16/h4,6-7,10-11,14,17-18H,3,5,8-9,12-13H2,1-2H3,(H,27,29,31). The molecular weight excluding hydrogens is 466 g/mol. The minimum Gasteiger partial charge on any atom is -0.299 e. The predicted octanol–water partition coefficient (Wildman–Crippen LogP) is 5.92. The van der Waals surface area contributed by atoms with E-state index in [1.807, 2.05) is 44.2 Å². The molecule has 4 aromatic rings. The number of aromatic nitrogens is 4. The third kappa shape index (κ3) is 4.30. The molecule has 1 saturated carbocycles. The van der Waals surface area contributed by atoms with Gasteiger partial charge < -0.3 is 0 Å². The molecule has 0 saturated heterocycles. The van der Waals surface area contributed by atoms with E-state index in [9.17, 15) is 9.59 Å². The van der Waals surface area contributed by atoms with E-state index >= 15 is 0 Å². The van der Waals surface area contributed by atoms with Gasteiger partial charge in [-0.1, -0.05) is 67.9 Å². The molecule has 176 valence electrons. The fraction of sp³-hybridized carbons (Fsp3) is 0.400. The second-order valence-corrected chi connectivity index (χ2v) is 10.9. The van der Waals surface area contributed by atoms with Crippen LogP contribution >= 0.6 is 22.7 Å². The van der Waals surface area contributed by atoms with E-state index in [0.717, 1.165) is 33.9 Å². The van der Waals surface area contributed by atoms with Crippen molar-refractivity contribution < 1.29 is 4.79 Å². The molecule has 1 N–H and O–H groups in total. The Morgan fingerprint density at radius 1 is 1.15 bits per heavy atom. The lowest BCUT2D eigenvalue weighted by molar-refractivity contribution is -0.119. The van der Waals surface area contributed by atoms with Crippen molar-refractivity contribution in [3.05, 3.63) is 56.9 Å². The van der Waals surface area contributed by atoms with Gasteiger partial charge in [-0.25, -0.2) is 4.98 Å². The molecule has 3 aromatic heterocycles. The second-order valence-electron chi connectivity index (χ2n) is 8.73. The number of thiophene rings is 1. The Kier molecular flexibility index (Phi) is 6.56. The molecule has 7 nitrogen and oxygen atoms in total. The number of aryl methyl sites for hydroxylation is 1. The van der Waals surface area contributed by atoms with Crippen molar-refractivity contribution >= 4 is 43.9 Å². The molecule has 0 spiro atoms. The van der Waals surface area contributed by atoms with Gasteiger partial charge >= 0.3 is 0 Å². The number of nitrogens with zero attached hydrogens (tertiary/aromatic N) is 4. The number of hydrogen-bond acceptors (Lipinski definition) is 7. The van der Waals surface area contributed by atoms with Crippen LogP contribution in [0.3, 0.4) is 0 Å². The normalized spacial score (nSPS) is 15.5. The molecule has 3 heterocycles. The summed E-state index contributed by atoms with van der Waals surface area (Å²) < 4.78 is 1.46. The molecule has 5 rings (SSSR count). The highest BCUT2D eigenvalue weighted by Crippen LogP contribution is 2.36. The number of carbonyl (C=O) groups is 1. The smallest absolute Gasteiger partial charge is 0.263 e. The SMILES string of the molecule is CCC(C(=O)Nc1nnc(C2CCCCC2)s1)n1cnc2sc(C)c(-c3ccccc3)c2c1=O. The number of anilines is 1. The number of carbonyl (C=O) groups excluding carboxylic acids is 1. The number of hydrogen-bond donors (Lipinski definition) is 1. The van der Waals surface area contributed by atoms with Crippen molar-refractivity contribution in [3.8, 4) is 11.1 Å². The van der Waals surface area contributed by atoms with E-state index in [1.54, 1.807) is 0 Å². The Hall–Kier alpha value is -2.91. The number of benzene rings is 1. The molecule has 0 radical (unpaired) electrons. The monoisotopic (exact) mass is 493 g/mol. The average Bonchev–Trinajstić information content (AvgIpc) is 3.46. The molecule has 1 aliphatic rings. The molecule has 34 heavy (non-hydrogen) atoms. The summed E-state index contributed by atoms with van der Waals surface area (Å²) >= 11 is 2.95.